The molecule has 6 heteroatoms. The van der Waals surface area contributed by atoms with Crippen LogP contribution in [0.25, 0.3) is 11.2 Å². The zero-order valence-corrected chi connectivity index (χ0v) is 10.4. The standard InChI is InChI=1S/C13H12FN5/c1-18-7-17-13-11(12(18)15)16-8-19(13)6-9-4-2-3-5-10(9)14/h2-5,7-8,15H,6H2,1H3/p+1. The Morgan fingerprint density at radius 3 is 2.89 bits per heavy atom. The highest BCUT2D eigenvalue weighted by atomic mass is 19.1. The second-order valence-corrected chi connectivity index (χ2v) is 4.38. The minimum absolute atomic E-state index is 0.237. The summed E-state index contributed by atoms with van der Waals surface area (Å²) in [6, 6.07) is 6.66. The number of nitrogen functional groups attached to an aromatic ring is 1. The molecule has 0 aliphatic heterocycles. The first-order valence-corrected chi connectivity index (χ1v) is 5.85. The van der Waals surface area contributed by atoms with Crippen molar-refractivity contribution in [3.8, 4) is 0 Å². The van der Waals surface area contributed by atoms with Gasteiger partial charge in [0.1, 0.15) is 5.82 Å². The fourth-order valence-electron chi connectivity index (χ4n) is 1.99. The lowest BCUT2D eigenvalue weighted by Crippen LogP contribution is -2.32. The number of fused-ring (bicyclic) bond motifs is 1. The SMILES string of the molecule is C[n+]1cnc2c(ncn2Cc2ccccc2F)c1N. The summed E-state index contributed by atoms with van der Waals surface area (Å²) < 4.78 is 17.1. The van der Waals surface area contributed by atoms with E-state index in [-0.39, 0.29) is 5.82 Å². The number of hydrogen-bond donors (Lipinski definition) is 1. The number of anilines is 1. The van der Waals surface area contributed by atoms with Crippen molar-refractivity contribution >= 4 is 17.0 Å². The molecule has 2 heterocycles. The van der Waals surface area contributed by atoms with E-state index in [4.69, 9.17) is 5.73 Å². The maximum absolute atomic E-state index is 13.6. The van der Waals surface area contributed by atoms with Crippen LogP contribution in [0.2, 0.25) is 0 Å². The van der Waals surface area contributed by atoms with Crippen molar-refractivity contribution in [1.82, 2.24) is 14.5 Å². The summed E-state index contributed by atoms with van der Waals surface area (Å²) in [4.78, 5) is 8.53. The molecule has 0 saturated heterocycles. The van der Waals surface area contributed by atoms with Gasteiger partial charge in [-0.1, -0.05) is 23.2 Å². The zero-order valence-electron chi connectivity index (χ0n) is 10.4. The molecule has 0 fully saturated rings. The zero-order chi connectivity index (χ0) is 13.4. The van der Waals surface area contributed by atoms with E-state index in [1.807, 2.05) is 0 Å². The fourth-order valence-corrected chi connectivity index (χ4v) is 1.99. The Balaban J connectivity index is 2.08. The van der Waals surface area contributed by atoms with Gasteiger partial charge in [0.25, 0.3) is 5.82 Å². The molecular weight excluding hydrogens is 245 g/mol. The van der Waals surface area contributed by atoms with Gasteiger partial charge < -0.3 is 5.73 Å². The summed E-state index contributed by atoms with van der Waals surface area (Å²) in [5.41, 5.74) is 7.80. The predicted octanol–water partition coefficient (Wildman–Crippen LogP) is 1.03. The Kier molecular flexibility index (Phi) is 2.63. The third-order valence-corrected chi connectivity index (χ3v) is 3.08. The molecule has 0 bridgehead atoms. The van der Waals surface area contributed by atoms with Crippen molar-refractivity contribution in [3.05, 3.63) is 48.3 Å². The van der Waals surface area contributed by atoms with Gasteiger partial charge in [-0.25, -0.2) is 13.9 Å². The van der Waals surface area contributed by atoms with Crippen LogP contribution in [0, 0.1) is 5.82 Å². The van der Waals surface area contributed by atoms with Gasteiger partial charge in [-0.15, -0.1) is 0 Å². The molecule has 0 saturated carbocycles. The highest BCUT2D eigenvalue weighted by Gasteiger charge is 2.15. The molecule has 2 aromatic heterocycles. The van der Waals surface area contributed by atoms with Crippen LogP contribution in [0.3, 0.4) is 0 Å². The lowest BCUT2D eigenvalue weighted by molar-refractivity contribution is -0.658. The number of benzene rings is 1. The van der Waals surface area contributed by atoms with Gasteiger partial charge in [-0.3, -0.25) is 4.57 Å². The predicted molar refractivity (Wildman–Crippen MR) is 68.6 cm³/mol. The van der Waals surface area contributed by atoms with Gasteiger partial charge in [0.15, 0.2) is 5.52 Å². The minimum Gasteiger partial charge on any atom is -0.317 e. The normalized spacial score (nSPS) is 11.1. The number of hydrogen-bond acceptors (Lipinski definition) is 3. The smallest absolute Gasteiger partial charge is 0.250 e. The fraction of sp³-hybridized carbons (Fsp3) is 0.154. The summed E-state index contributed by atoms with van der Waals surface area (Å²) in [7, 11) is 1.80. The van der Waals surface area contributed by atoms with E-state index in [1.165, 1.54) is 6.07 Å². The lowest BCUT2D eigenvalue weighted by atomic mass is 10.2. The molecule has 0 amide bonds. The number of nitrogens with zero attached hydrogens (tertiary/aromatic N) is 4. The maximum Gasteiger partial charge on any atom is 0.250 e. The summed E-state index contributed by atoms with van der Waals surface area (Å²) in [6.45, 7) is 0.378. The number of halogens is 1. The van der Waals surface area contributed by atoms with E-state index in [0.717, 1.165) is 0 Å². The van der Waals surface area contributed by atoms with Crippen LogP contribution in [-0.4, -0.2) is 14.5 Å². The number of aryl methyl sites for hydroxylation is 1. The third kappa shape index (κ3) is 1.91. The summed E-state index contributed by atoms with van der Waals surface area (Å²) >= 11 is 0. The highest BCUT2D eigenvalue weighted by molar-refractivity contribution is 5.79. The molecule has 19 heavy (non-hydrogen) atoms. The number of rotatable bonds is 2. The Morgan fingerprint density at radius 2 is 2.11 bits per heavy atom. The average Bonchev–Trinajstić information content (AvgIpc) is 2.81. The first-order chi connectivity index (χ1) is 9.16. The van der Waals surface area contributed by atoms with Crippen LogP contribution in [-0.2, 0) is 13.6 Å². The Hall–Kier alpha value is -2.50. The quantitative estimate of drug-likeness (QED) is 0.698. The van der Waals surface area contributed by atoms with E-state index >= 15 is 0 Å². The second-order valence-electron chi connectivity index (χ2n) is 4.38. The van der Waals surface area contributed by atoms with Gasteiger partial charge in [-0.2, -0.15) is 0 Å². The van der Waals surface area contributed by atoms with Gasteiger partial charge in [-0.05, 0) is 6.07 Å². The van der Waals surface area contributed by atoms with Crippen LogP contribution in [0.4, 0.5) is 10.2 Å². The van der Waals surface area contributed by atoms with E-state index < -0.39 is 0 Å². The summed E-state index contributed by atoms with van der Waals surface area (Å²) in [5, 5.41) is 0. The van der Waals surface area contributed by atoms with Crippen LogP contribution < -0.4 is 10.3 Å². The second kappa shape index (κ2) is 4.31. The summed E-state index contributed by atoms with van der Waals surface area (Å²) in [6.07, 6.45) is 3.25. The van der Waals surface area contributed by atoms with Crippen molar-refractivity contribution in [2.75, 3.05) is 5.73 Å². The molecule has 3 rings (SSSR count). The lowest BCUT2D eigenvalue weighted by Gasteiger charge is -2.04. The highest BCUT2D eigenvalue weighted by Crippen LogP contribution is 2.16. The van der Waals surface area contributed by atoms with E-state index in [1.54, 1.807) is 47.0 Å². The number of aromatic nitrogens is 4. The molecule has 0 radical (unpaired) electrons. The van der Waals surface area contributed by atoms with E-state index in [0.29, 0.717) is 29.1 Å². The molecular formula is C13H13FN5+. The molecule has 5 nitrogen and oxygen atoms in total. The average molecular weight is 258 g/mol. The van der Waals surface area contributed by atoms with Crippen LogP contribution in [0.15, 0.2) is 36.9 Å². The third-order valence-electron chi connectivity index (χ3n) is 3.08. The van der Waals surface area contributed by atoms with Crippen molar-refractivity contribution in [2.24, 2.45) is 7.05 Å². The number of nitrogens with two attached hydrogens (primary N) is 1. The molecule has 3 aromatic rings. The van der Waals surface area contributed by atoms with Crippen LogP contribution in [0.5, 0.6) is 0 Å². The Labute approximate surface area is 109 Å². The van der Waals surface area contributed by atoms with Gasteiger partial charge in [0.05, 0.1) is 19.9 Å². The molecule has 0 aliphatic carbocycles. The first kappa shape index (κ1) is 11.6. The minimum atomic E-state index is -0.237. The Bertz CT molecular complexity index is 750. The Morgan fingerprint density at radius 1 is 1.32 bits per heavy atom. The van der Waals surface area contributed by atoms with Crippen molar-refractivity contribution in [1.29, 1.82) is 0 Å². The molecule has 96 valence electrons. The van der Waals surface area contributed by atoms with E-state index in [2.05, 4.69) is 9.97 Å². The monoisotopic (exact) mass is 258 g/mol. The van der Waals surface area contributed by atoms with E-state index in [9.17, 15) is 4.39 Å². The molecule has 0 spiro atoms. The maximum atomic E-state index is 13.6. The largest absolute Gasteiger partial charge is 0.317 e. The van der Waals surface area contributed by atoms with Gasteiger partial charge in [0, 0.05) is 5.56 Å². The molecule has 0 unspecified atom stereocenters. The molecule has 0 aliphatic rings. The van der Waals surface area contributed by atoms with Gasteiger partial charge in [0.2, 0.25) is 12.0 Å². The van der Waals surface area contributed by atoms with Crippen LogP contribution >= 0.6 is 0 Å². The topological polar surface area (TPSA) is 60.6 Å². The first-order valence-electron chi connectivity index (χ1n) is 5.85. The van der Waals surface area contributed by atoms with Crippen molar-refractivity contribution < 1.29 is 8.96 Å². The van der Waals surface area contributed by atoms with Crippen molar-refractivity contribution in [3.63, 3.8) is 0 Å². The number of imidazole rings is 1. The van der Waals surface area contributed by atoms with Crippen LogP contribution in [0.1, 0.15) is 5.56 Å². The molecule has 2 N–H and O–H groups in total. The van der Waals surface area contributed by atoms with Gasteiger partial charge >= 0.3 is 0 Å². The molecule has 0 atom stereocenters. The molecule has 1 aromatic carbocycles. The van der Waals surface area contributed by atoms with Crippen molar-refractivity contribution in [2.45, 2.75) is 6.54 Å². The summed E-state index contributed by atoms with van der Waals surface area (Å²) in [5.74, 6) is 0.302.